The van der Waals surface area contributed by atoms with Crippen molar-refractivity contribution in [2.24, 2.45) is 5.73 Å². The zero-order chi connectivity index (χ0) is 15.6. The van der Waals surface area contributed by atoms with Crippen molar-refractivity contribution >= 4 is 31.6 Å². The Labute approximate surface area is 131 Å². The molecule has 0 radical (unpaired) electrons. The van der Waals surface area contributed by atoms with E-state index in [9.17, 15) is 12.8 Å². The van der Waals surface area contributed by atoms with Crippen molar-refractivity contribution in [1.29, 1.82) is 0 Å². The van der Waals surface area contributed by atoms with E-state index < -0.39 is 20.7 Å². The highest BCUT2D eigenvalue weighted by Crippen LogP contribution is 2.23. The minimum atomic E-state index is -3.99. The molecule has 0 fully saturated rings. The lowest BCUT2D eigenvalue weighted by molar-refractivity contribution is 0.569. The van der Waals surface area contributed by atoms with E-state index >= 15 is 0 Å². The molecule has 2 aromatic rings. The van der Waals surface area contributed by atoms with Gasteiger partial charge in [0.1, 0.15) is 10.7 Å². The summed E-state index contributed by atoms with van der Waals surface area (Å²) < 4.78 is 41.5. The van der Waals surface area contributed by atoms with Gasteiger partial charge in [0, 0.05) is 11.0 Å². The van der Waals surface area contributed by atoms with Crippen LogP contribution < -0.4 is 10.5 Å². The Morgan fingerprint density at radius 3 is 2.52 bits per heavy atom. The molecule has 0 saturated heterocycles. The molecule has 0 aliphatic heterocycles. The number of benzene rings is 2. The highest BCUT2D eigenvalue weighted by molar-refractivity contribution is 9.10. The lowest BCUT2D eigenvalue weighted by Gasteiger charge is -2.10. The van der Waals surface area contributed by atoms with Crippen LogP contribution in [0, 0.1) is 12.7 Å². The highest BCUT2D eigenvalue weighted by Gasteiger charge is 2.19. The molecule has 0 heterocycles. The predicted molar refractivity (Wildman–Crippen MR) is 84.0 cm³/mol. The predicted octanol–water partition coefficient (Wildman–Crippen LogP) is 3.16. The molecule has 3 N–H and O–H groups in total. The van der Waals surface area contributed by atoms with Gasteiger partial charge < -0.3 is 5.73 Å². The number of halogens is 2. The van der Waals surface area contributed by atoms with Gasteiger partial charge in [-0.05, 0) is 48.4 Å². The lowest BCUT2D eigenvalue weighted by atomic mass is 10.2. The molecule has 21 heavy (non-hydrogen) atoms. The van der Waals surface area contributed by atoms with Crippen LogP contribution >= 0.6 is 15.9 Å². The zero-order valence-corrected chi connectivity index (χ0v) is 13.6. The fraction of sp³-hybridized carbons (Fsp3) is 0.143. The van der Waals surface area contributed by atoms with Crippen LogP contribution in [0.25, 0.3) is 0 Å². The fourth-order valence-corrected chi connectivity index (χ4v) is 3.60. The van der Waals surface area contributed by atoms with Crippen molar-refractivity contribution < 1.29 is 12.8 Å². The smallest absolute Gasteiger partial charge is 0.264 e. The Morgan fingerprint density at radius 1 is 1.24 bits per heavy atom. The van der Waals surface area contributed by atoms with Crippen molar-refractivity contribution in [2.75, 3.05) is 4.72 Å². The second-order valence-electron chi connectivity index (χ2n) is 4.59. The van der Waals surface area contributed by atoms with Crippen LogP contribution in [0.15, 0.2) is 45.8 Å². The molecule has 0 atom stereocenters. The number of sulfonamides is 1. The van der Waals surface area contributed by atoms with Gasteiger partial charge in [0.15, 0.2) is 0 Å². The van der Waals surface area contributed by atoms with E-state index in [1.807, 2.05) is 13.0 Å². The van der Waals surface area contributed by atoms with Crippen LogP contribution in [0.3, 0.4) is 0 Å². The number of hydrogen-bond donors (Lipinski definition) is 2. The standard InChI is InChI=1S/C14H14BrFN2O2S/c1-9-4-11(15)7-12(5-9)18-21(19,20)14-3-2-10(8-17)6-13(14)16/h2-7,18H,8,17H2,1H3. The summed E-state index contributed by atoms with van der Waals surface area (Å²) in [6, 6.07) is 8.94. The Morgan fingerprint density at radius 2 is 1.95 bits per heavy atom. The molecule has 0 aliphatic rings. The number of hydrogen-bond acceptors (Lipinski definition) is 3. The highest BCUT2D eigenvalue weighted by atomic mass is 79.9. The summed E-state index contributed by atoms with van der Waals surface area (Å²) in [5.41, 5.74) is 7.17. The normalized spacial score (nSPS) is 11.4. The molecule has 112 valence electrons. The number of nitrogens with one attached hydrogen (secondary N) is 1. The molecular formula is C14H14BrFN2O2S. The molecule has 4 nitrogen and oxygen atoms in total. The summed E-state index contributed by atoms with van der Waals surface area (Å²) in [4.78, 5) is -0.405. The van der Waals surface area contributed by atoms with E-state index in [-0.39, 0.29) is 6.54 Å². The molecule has 0 amide bonds. The minimum Gasteiger partial charge on any atom is -0.326 e. The first-order valence-electron chi connectivity index (χ1n) is 6.10. The van der Waals surface area contributed by atoms with Crippen LogP contribution in [-0.2, 0) is 16.6 Å². The van der Waals surface area contributed by atoms with Crippen molar-refractivity contribution in [2.45, 2.75) is 18.4 Å². The van der Waals surface area contributed by atoms with Crippen LogP contribution in [0.2, 0.25) is 0 Å². The van der Waals surface area contributed by atoms with Crippen LogP contribution in [0.5, 0.6) is 0 Å². The number of aryl methyl sites for hydroxylation is 1. The van der Waals surface area contributed by atoms with Gasteiger partial charge in [-0.1, -0.05) is 22.0 Å². The summed E-state index contributed by atoms with van der Waals surface area (Å²) in [6.07, 6.45) is 0. The zero-order valence-electron chi connectivity index (χ0n) is 11.2. The molecule has 0 aliphatic carbocycles. The number of anilines is 1. The first kappa shape index (κ1) is 15.9. The van der Waals surface area contributed by atoms with Crippen molar-refractivity contribution in [3.63, 3.8) is 0 Å². The molecule has 0 unspecified atom stereocenters. The van der Waals surface area contributed by atoms with Crippen LogP contribution in [-0.4, -0.2) is 8.42 Å². The quantitative estimate of drug-likeness (QED) is 0.865. The molecule has 0 saturated carbocycles. The van der Waals surface area contributed by atoms with Gasteiger partial charge in [0.05, 0.1) is 5.69 Å². The summed E-state index contributed by atoms with van der Waals surface area (Å²) in [7, 11) is -3.99. The van der Waals surface area contributed by atoms with Gasteiger partial charge in [0.25, 0.3) is 10.0 Å². The van der Waals surface area contributed by atoms with E-state index in [2.05, 4.69) is 20.7 Å². The van der Waals surface area contributed by atoms with Gasteiger partial charge in [0.2, 0.25) is 0 Å². The van der Waals surface area contributed by atoms with Crippen LogP contribution in [0.4, 0.5) is 10.1 Å². The van der Waals surface area contributed by atoms with E-state index in [0.29, 0.717) is 11.3 Å². The van der Waals surface area contributed by atoms with E-state index in [1.165, 1.54) is 12.1 Å². The maximum atomic E-state index is 13.9. The maximum Gasteiger partial charge on any atom is 0.264 e. The van der Waals surface area contributed by atoms with E-state index in [0.717, 1.165) is 16.1 Å². The van der Waals surface area contributed by atoms with Crippen molar-refractivity contribution in [1.82, 2.24) is 0 Å². The number of rotatable bonds is 4. The summed E-state index contributed by atoms with van der Waals surface area (Å²) in [5, 5.41) is 0. The Kier molecular flexibility index (Phi) is 4.65. The first-order chi connectivity index (χ1) is 9.81. The first-order valence-corrected chi connectivity index (χ1v) is 8.38. The molecule has 0 bridgehead atoms. The van der Waals surface area contributed by atoms with Crippen molar-refractivity contribution in [3.05, 3.63) is 57.8 Å². The molecule has 7 heteroatoms. The average Bonchev–Trinajstić information content (AvgIpc) is 2.36. The lowest BCUT2D eigenvalue weighted by Crippen LogP contribution is -2.15. The molecule has 2 rings (SSSR count). The molecule has 0 aromatic heterocycles. The largest absolute Gasteiger partial charge is 0.326 e. The maximum absolute atomic E-state index is 13.9. The van der Waals surface area contributed by atoms with Gasteiger partial charge >= 0.3 is 0 Å². The second-order valence-corrected chi connectivity index (χ2v) is 7.16. The van der Waals surface area contributed by atoms with Crippen LogP contribution in [0.1, 0.15) is 11.1 Å². The topological polar surface area (TPSA) is 72.2 Å². The summed E-state index contributed by atoms with van der Waals surface area (Å²) in [5.74, 6) is -0.822. The van der Waals surface area contributed by atoms with Gasteiger partial charge in [-0.3, -0.25) is 4.72 Å². The van der Waals surface area contributed by atoms with Gasteiger partial charge in [-0.15, -0.1) is 0 Å². The van der Waals surface area contributed by atoms with Gasteiger partial charge in [-0.2, -0.15) is 0 Å². The third-order valence-corrected chi connectivity index (χ3v) is 4.69. The summed E-state index contributed by atoms with van der Waals surface area (Å²) >= 11 is 3.29. The Balaban J connectivity index is 2.38. The van der Waals surface area contributed by atoms with Gasteiger partial charge in [-0.25, -0.2) is 12.8 Å². The summed E-state index contributed by atoms with van der Waals surface area (Å²) in [6.45, 7) is 1.98. The molecule has 2 aromatic carbocycles. The third-order valence-electron chi connectivity index (χ3n) is 2.82. The molecular weight excluding hydrogens is 359 g/mol. The third kappa shape index (κ3) is 3.81. The van der Waals surface area contributed by atoms with E-state index in [1.54, 1.807) is 12.1 Å². The minimum absolute atomic E-state index is 0.148. The van der Waals surface area contributed by atoms with Crippen molar-refractivity contribution in [3.8, 4) is 0 Å². The monoisotopic (exact) mass is 372 g/mol. The SMILES string of the molecule is Cc1cc(Br)cc(NS(=O)(=O)c2ccc(CN)cc2F)c1. The second kappa shape index (κ2) is 6.13. The molecule has 0 spiro atoms. The Hall–Kier alpha value is -1.44. The Bertz CT molecular complexity index is 758. The fourth-order valence-electron chi connectivity index (χ4n) is 1.89. The number of nitrogens with two attached hydrogens (primary N) is 1. The average molecular weight is 373 g/mol. The van der Waals surface area contributed by atoms with E-state index in [4.69, 9.17) is 5.73 Å².